The third-order valence-corrected chi connectivity index (χ3v) is 9.56. The van der Waals surface area contributed by atoms with Gasteiger partial charge in [0.2, 0.25) is 10.0 Å². The lowest BCUT2D eigenvalue weighted by Gasteiger charge is -2.25. The predicted molar refractivity (Wildman–Crippen MR) is 144 cm³/mol. The van der Waals surface area contributed by atoms with Gasteiger partial charge >= 0.3 is 6.18 Å². The van der Waals surface area contributed by atoms with Gasteiger partial charge in [-0.1, -0.05) is 6.07 Å². The molecule has 8 nitrogen and oxygen atoms in total. The minimum absolute atomic E-state index is 0.0558. The fourth-order valence-corrected chi connectivity index (χ4v) is 7.13. The van der Waals surface area contributed by atoms with E-state index in [9.17, 15) is 21.6 Å². The Hall–Kier alpha value is -3.13. The molecule has 3 heterocycles. The summed E-state index contributed by atoms with van der Waals surface area (Å²) in [6.45, 7) is 0.640. The average Bonchev–Trinajstić information content (AvgIpc) is 3.69. The molecule has 4 aromatic rings. The maximum absolute atomic E-state index is 13.6. The maximum atomic E-state index is 13.6. The number of sulfonamides is 1. The van der Waals surface area contributed by atoms with Crippen LogP contribution >= 0.6 is 11.3 Å². The third-order valence-electron chi connectivity index (χ3n) is 6.81. The van der Waals surface area contributed by atoms with E-state index in [1.807, 2.05) is 22.0 Å². The number of ether oxygens (including phenoxy) is 3. The van der Waals surface area contributed by atoms with Crippen LogP contribution in [0.15, 0.2) is 58.9 Å². The van der Waals surface area contributed by atoms with Gasteiger partial charge in [-0.2, -0.15) is 17.5 Å². The summed E-state index contributed by atoms with van der Waals surface area (Å²) in [4.78, 5) is 5.03. The minimum Gasteiger partial charge on any atom is -0.497 e. The topological polar surface area (TPSA) is 82.4 Å². The molecule has 1 unspecified atom stereocenters. The first-order valence-electron chi connectivity index (χ1n) is 12.6. The largest absolute Gasteiger partial charge is 0.497 e. The summed E-state index contributed by atoms with van der Waals surface area (Å²) in [5, 5.41) is 1.90. The van der Waals surface area contributed by atoms with Crippen molar-refractivity contribution >= 4 is 26.3 Å². The number of hydrogen-bond donors (Lipinski definition) is 0. The van der Waals surface area contributed by atoms with Crippen LogP contribution in [0.25, 0.3) is 16.2 Å². The molecule has 0 aliphatic carbocycles. The Balaban J connectivity index is 1.43. The molecule has 1 aliphatic rings. The van der Waals surface area contributed by atoms with Crippen LogP contribution in [-0.4, -0.2) is 62.1 Å². The maximum Gasteiger partial charge on any atom is 0.416 e. The van der Waals surface area contributed by atoms with Crippen molar-refractivity contribution in [2.75, 3.05) is 33.9 Å². The molecule has 1 atom stereocenters. The zero-order valence-corrected chi connectivity index (χ0v) is 23.5. The summed E-state index contributed by atoms with van der Waals surface area (Å²) in [7, 11) is -1.08. The molecular formula is C27H28F3N3O5S2. The van der Waals surface area contributed by atoms with Crippen molar-refractivity contribution in [3.05, 3.63) is 65.3 Å². The third kappa shape index (κ3) is 5.82. The number of thiazole rings is 1. The van der Waals surface area contributed by atoms with Gasteiger partial charge in [0.15, 0.2) is 4.96 Å². The van der Waals surface area contributed by atoms with Crippen molar-refractivity contribution < 1.29 is 35.8 Å². The van der Waals surface area contributed by atoms with E-state index in [2.05, 4.69) is 0 Å². The van der Waals surface area contributed by atoms with Crippen molar-refractivity contribution in [2.45, 2.75) is 36.4 Å². The van der Waals surface area contributed by atoms with Gasteiger partial charge in [-0.25, -0.2) is 13.4 Å². The highest BCUT2D eigenvalue weighted by Crippen LogP contribution is 2.35. The highest BCUT2D eigenvalue weighted by molar-refractivity contribution is 7.89. The van der Waals surface area contributed by atoms with Crippen molar-refractivity contribution in [1.82, 2.24) is 13.7 Å². The Morgan fingerprint density at radius 2 is 2.00 bits per heavy atom. The number of halogens is 3. The molecule has 0 amide bonds. The zero-order chi connectivity index (χ0) is 28.5. The fraction of sp³-hybridized carbons (Fsp3) is 0.370. The number of rotatable bonds is 10. The summed E-state index contributed by atoms with van der Waals surface area (Å²) >= 11 is 1.41. The van der Waals surface area contributed by atoms with Crippen LogP contribution in [0.5, 0.6) is 11.5 Å². The summed E-state index contributed by atoms with van der Waals surface area (Å²) in [6.07, 6.45) is -1.31. The summed E-state index contributed by atoms with van der Waals surface area (Å²) in [6, 6.07) is 9.27. The van der Waals surface area contributed by atoms with Gasteiger partial charge in [-0.05, 0) is 49.2 Å². The van der Waals surface area contributed by atoms with Crippen molar-refractivity contribution in [3.63, 3.8) is 0 Å². The number of benzene rings is 2. The summed E-state index contributed by atoms with van der Waals surface area (Å²) in [5.74, 6) is 1.28. The van der Waals surface area contributed by atoms with Gasteiger partial charge in [-0.3, -0.25) is 4.40 Å². The summed E-state index contributed by atoms with van der Waals surface area (Å²) in [5.41, 5.74) is 1.22. The molecule has 13 heteroatoms. The molecule has 2 aromatic carbocycles. The number of aromatic nitrogens is 2. The van der Waals surface area contributed by atoms with Crippen molar-refractivity contribution in [3.8, 4) is 22.8 Å². The Morgan fingerprint density at radius 1 is 1.18 bits per heavy atom. The van der Waals surface area contributed by atoms with E-state index in [0.717, 1.165) is 29.8 Å². The second-order valence-electron chi connectivity index (χ2n) is 9.35. The first kappa shape index (κ1) is 28.4. The first-order valence-corrected chi connectivity index (χ1v) is 14.9. The quantitative estimate of drug-likeness (QED) is 0.241. The molecule has 0 bridgehead atoms. The number of alkyl halides is 3. The van der Waals surface area contributed by atoms with E-state index in [0.29, 0.717) is 47.7 Å². The number of methoxy groups -OCH3 is 2. The van der Waals surface area contributed by atoms with Gasteiger partial charge < -0.3 is 14.2 Å². The van der Waals surface area contributed by atoms with Gasteiger partial charge in [0.05, 0.1) is 36.5 Å². The van der Waals surface area contributed by atoms with Crippen molar-refractivity contribution in [2.24, 2.45) is 0 Å². The van der Waals surface area contributed by atoms with E-state index in [-0.39, 0.29) is 19.2 Å². The van der Waals surface area contributed by atoms with E-state index < -0.39 is 26.7 Å². The highest BCUT2D eigenvalue weighted by atomic mass is 32.2. The van der Waals surface area contributed by atoms with E-state index in [1.54, 1.807) is 26.4 Å². The molecule has 2 aromatic heterocycles. The first-order chi connectivity index (χ1) is 19.1. The molecule has 40 heavy (non-hydrogen) atoms. The average molecular weight is 596 g/mol. The second-order valence-corrected chi connectivity index (χ2v) is 12.1. The number of nitrogens with zero attached hydrogens (tertiary/aromatic N) is 3. The molecule has 0 saturated carbocycles. The Morgan fingerprint density at radius 3 is 2.70 bits per heavy atom. The van der Waals surface area contributed by atoms with E-state index >= 15 is 0 Å². The van der Waals surface area contributed by atoms with Gasteiger partial charge in [0.25, 0.3) is 0 Å². The van der Waals surface area contributed by atoms with Crippen LogP contribution in [0.2, 0.25) is 0 Å². The van der Waals surface area contributed by atoms with Crippen LogP contribution in [0, 0.1) is 0 Å². The van der Waals surface area contributed by atoms with Gasteiger partial charge in [0.1, 0.15) is 11.5 Å². The van der Waals surface area contributed by atoms with E-state index in [4.69, 9.17) is 19.2 Å². The lowest BCUT2D eigenvalue weighted by atomic mass is 10.1. The van der Waals surface area contributed by atoms with E-state index in [1.165, 1.54) is 21.7 Å². The number of hydrogen-bond acceptors (Lipinski definition) is 7. The molecule has 0 N–H and O–H groups in total. The van der Waals surface area contributed by atoms with Gasteiger partial charge in [-0.15, -0.1) is 11.3 Å². The van der Waals surface area contributed by atoms with Crippen LogP contribution in [0.1, 0.15) is 24.1 Å². The molecule has 1 fully saturated rings. The molecule has 0 radical (unpaired) electrons. The molecule has 214 valence electrons. The number of fused-ring (bicyclic) bond motifs is 1. The van der Waals surface area contributed by atoms with Crippen LogP contribution in [-0.2, 0) is 27.4 Å². The number of imidazole rings is 1. The fourth-order valence-electron chi connectivity index (χ4n) is 4.70. The molecular weight excluding hydrogens is 567 g/mol. The molecule has 1 aliphatic heterocycles. The lowest BCUT2D eigenvalue weighted by molar-refractivity contribution is -0.137. The van der Waals surface area contributed by atoms with Crippen LogP contribution in [0.4, 0.5) is 13.2 Å². The molecule has 5 rings (SSSR count). The predicted octanol–water partition coefficient (Wildman–Crippen LogP) is 5.51. The molecule has 1 saturated heterocycles. The standard InChI is InChI=1S/C27H28F3N3O5S2/c1-36-20-8-9-25(37-2)23(14-20)24-16-33-19(17-39-26(33)31-24)10-11-32(15-21-6-4-12-38-21)40(34,35)22-7-3-5-18(13-22)27(28,29)30/h3,5,7-9,13-14,16-17,21H,4,6,10-12,15H2,1-2H3. The normalized spacial score (nSPS) is 16.2. The van der Waals surface area contributed by atoms with Gasteiger partial charge in [0, 0.05) is 49.0 Å². The highest BCUT2D eigenvalue weighted by Gasteiger charge is 2.34. The SMILES string of the molecule is COc1ccc(OC)c(-c2cn3c(CCN(CC4CCCO4)S(=O)(=O)c4cccc(C(F)(F)F)c4)csc3n2)c1. The lowest BCUT2D eigenvalue weighted by Crippen LogP contribution is -2.39. The monoisotopic (exact) mass is 595 g/mol. The Labute approximate surface area is 234 Å². The zero-order valence-electron chi connectivity index (χ0n) is 21.8. The smallest absolute Gasteiger partial charge is 0.416 e. The second kappa shape index (κ2) is 11.4. The van der Waals surface area contributed by atoms with Crippen molar-refractivity contribution in [1.29, 1.82) is 0 Å². The minimum atomic E-state index is -4.65. The van der Waals surface area contributed by atoms with Crippen LogP contribution in [0.3, 0.4) is 0 Å². The Kier molecular flexibility index (Phi) is 8.09. The molecule has 0 spiro atoms. The Bertz CT molecular complexity index is 1590. The summed E-state index contributed by atoms with van der Waals surface area (Å²) < 4.78 is 86.8. The van der Waals surface area contributed by atoms with Crippen LogP contribution < -0.4 is 9.47 Å².